The molecule has 3 aromatic carbocycles. The second kappa shape index (κ2) is 11.5. The van der Waals surface area contributed by atoms with Crippen LogP contribution >= 0.6 is 0 Å². The van der Waals surface area contributed by atoms with Crippen LogP contribution in [-0.4, -0.2) is 5.11 Å². The Hall–Kier alpha value is -2.54. The van der Waals surface area contributed by atoms with Gasteiger partial charge in [0.05, 0.1) is 0 Å². The maximum absolute atomic E-state index is 10.8. The highest BCUT2D eigenvalue weighted by molar-refractivity contribution is 5.51. The molecule has 3 aromatic rings. The van der Waals surface area contributed by atoms with Gasteiger partial charge in [0.1, 0.15) is 5.75 Å². The SMILES string of the molecule is Cc1cc(C)c(C(C)CC(c2cc(C(C)C)c(C)cc2C)c2cc(C(C)C)c(O)cc2C)cc1C(C)C. The molecule has 0 aliphatic rings. The monoisotopic (exact) mass is 498 g/mol. The first-order valence-electron chi connectivity index (χ1n) is 14.3. The number of aryl methyl sites for hydroxylation is 5. The van der Waals surface area contributed by atoms with E-state index in [0.717, 1.165) is 12.0 Å². The van der Waals surface area contributed by atoms with Crippen LogP contribution in [0.2, 0.25) is 0 Å². The molecule has 2 unspecified atom stereocenters. The molecule has 0 fully saturated rings. The minimum absolute atomic E-state index is 0.259. The van der Waals surface area contributed by atoms with Crippen molar-refractivity contribution in [3.63, 3.8) is 0 Å². The van der Waals surface area contributed by atoms with Crippen LogP contribution in [0.5, 0.6) is 5.75 Å². The van der Waals surface area contributed by atoms with Crippen molar-refractivity contribution in [3.05, 3.63) is 97.6 Å². The van der Waals surface area contributed by atoms with E-state index in [4.69, 9.17) is 0 Å². The van der Waals surface area contributed by atoms with Crippen LogP contribution in [0.3, 0.4) is 0 Å². The summed E-state index contributed by atoms with van der Waals surface area (Å²) in [5.74, 6) is 2.36. The smallest absolute Gasteiger partial charge is 0.119 e. The molecule has 37 heavy (non-hydrogen) atoms. The number of phenols is 1. The largest absolute Gasteiger partial charge is 0.508 e. The van der Waals surface area contributed by atoms with Crippen molar-refractivity contribution in [2.24, 2.45) is 0 Å². The third kappa shape index (κ3) is 6.14. The topological polar surface area (TPSA) is 20.2 Å². The lowest BCUT2D eigenvalue weighted by molar-refractivity contribution is 0.463. The summed E-state index contributed by atoms with van der Waals surface area (Å²) in [5, 5.41) is 10.8. The van der Waals surface area contributed by atoms with E-state index in [-0.39, 0.29) is 11.8 Å². The van der Waals surface area contributed by atoms with Crippen molar-refractivity contribution in [3.8, 4) is 5.75 Å². The van der Waals surface area contributed by atoms with E-state index in [2.05, 4.69) is 113 Å². The number of rotatable bonds is 8. The van der Waals surface area contributed by atoms with Crippen LogP contribution in [0.1, 0.15) is 146 Å². The first-order chi connectivity index (χ1) is 17.2. The van der Waals surface area contributed by atoms with Gasteiger partial charge in [0, 0.05) is 5.92 Å². The molecule has 1 heteroatoms. The van der Waals surface area contributed by atoms with Crippen molar-refractivity contribution < 1.29 is 5.11 Å². The molecule has 0 amide bonds. The Morgan fingerprint density at radius 1 is 0.459 bits per heavy atom. The van der Waals surface area contributed by atoms with Crippen LogP contribution in [0.25, 0.3) is 0 Å². The molecule has 1 nitrogen and oxygen atoms in total. The summed E-state index contributed by atoms with van der Waals surface area (Å²) in [4.78, 5) is 0. The molecular formula is C36H50O. The summed E-state index contributed by atoms with van der Waals surface area (Å²) in [6.07, 6.45) is 1.03. The lowest BCUT2D eigenvalue weighted by atomic mass is 9.75. The molecule has 1 N–H and O–H groups in total. The Kier molecular flexibility index (Phi) is 8.99. The highest BCUT2D eigenvalue weighted by Gasteiger charge is 2.26. The highest BCUT2D eigenvalue weighted by Crippen LogP contribution is 2.43. The standard InChI is InChI=1S/C36H50O/c1-20(2)29-17-32(25(9)13-23(29)7)27(11)15-35(33-18-30(21(3)4)24(8)14-26(33)10)34-19-31(22(5)6)36(37)16-28(34)12/h13-14,16-22,27,35,37H,15H2,1-12H3. The Bertz CT molecular complexity index is 1190. The van der Waals surface area contributed by atoms with Crippen LogP contribution < -0.4 is 0 Å². The molecule has 0 saturated heterocycles. The van der Waals surface area contributed by atoms with Gasteiger partial charge in [0.25, 0.3) is 0 Å². The lowest BCUT2D eigenvalue weighted by Gasteiger charge is -2.29. The summed E-state index contributed by atoms with van der Waals surface area (Å²) >= 11 is 0. The average Bonchev–Trinajstić information content (AvgIpc) is 2.77. The Morgan fingerprint density at radius 2 is 0.811 bits per heavy atom. The van der Waals surface area contributed by atoms with Gasteiger partial charge in [-0.3, -0.25) is 0 Å². The van der Waals surface area contributed by atoms with Gasteiger partial charge >= 0.3 is 0 Å². The van der Waals surface area contributed by atoms with Gasteiger partial charge in [0.2, 0.25) is 0 Å². The van der Waals surface area contributed by atoms with E-state index >= 15 is 0 Å². The predicted octanol–water partition coefficient (Wildman–Crippen LogP) is 10.6. The summed E-state index contributed by atoms with van der Waals surface area (Å²) in [6.45, 7) is 27.1. The van der Waals surface area contributed by atoms with Gasteiger partial charge in [-0.15, -0.1) is 0 Å². The lowest BCUT2D eigenvalue weighted by Crippen LogP contribution is -2.12. The van der Waals surface area contributed by atoms with E-state index in [0.29, 0.717) is 23.5 Å². The third-order valence-corrected chi connectivity index (χ3v) is 8.46. The number of hydrogen-bond donors (Lipinski definition) is 1. The fraction of sp³-hybridized carbons (Fsp3) is 0.500. The van der Waals surface area contributed by atoms with E-state index < -0.39 is 0 Å². The average molecular weight is 499 g/mol. The van der Waals surface area contributed by atoms with Gasteiger partial charge in [-0.2, -0.15) is 0 Å². The van der Waals surface area contributed by atoms with Crippen molar-refractivity contribution in [2.75, 3.05) is 0 Å². The van der Waals surface area contributed by atoms with E-state index in [1.807, 2.05) is 6.07 Å². The number of hydrogen-bond acceptors (Lipinski definition) is 1. The molecule has 0 spiro atoms. The summed E-state index contributed by atoms with van der Waals surface area (Å²) in [7, 11) is 0. The molecule has 3 rings (SSSR count). The zero-order valence-electron chi connectivity index (χ0n) is 25.5. The number of phenolic OH excluding ortho intramolecular Hbond substituents is 1. The normalized spacial score (nSPS) is 13.6. The fourth-order valence-electron chi connectivity index (χ4n) is 6.39. The zero-order chi connectivity index (χ0) is 27.8. The van der Waals surface area contributed by atoms with Crippen LogP contribution in [-0.2, 0) is 0 Å². The number of aromatic hydroxyl groups is 1. The first-order valence-corrected chi connectivity index (χ1v) is 14.3. The highest BCUT2D eigenvalue weighted by atomic mass is 16.3. The Labute approximate surface area is 227 Å². The van der Waals surface area contributed by atoms with E-state index in [1.165, 1.54) is 55.6 Å². The Morgan fingerprint density at radius 3 is 1.27 bits per heavy atom. The van der Waals surface area contributed by atoms with Crippen molar-refractivity contribution in [1.29, 1.82) is 0 Å². The Balaban J connectivity index is 2.23. The predicted molar refractivity (Wildman–Crippen MR) is 162 cm³/mol. The van der Waals surface area contributed by atoms with Gasteiger partial charge in [-0.1, -0.05) is 78.8 Å². The molecule has 0 aliphatic carbocycles. The third-order valence-electron chi connectivity index (χ3n) is 8.46. The summed E-state index contributed by atoms with van der Waals surface area (Å²) in [5.41, 5.74) is 14.9. The second-order valence-electron chi connectivity index (χ2n) is 12.6. The molecule has 200 valence electrons. The molecular weight excluding hydrogens is 448 g/mol. The first kappa shape index (κ1) is 29.0. The summed E-state index contributed by atoms with van der Waals surface area (Å²) < 4.78 is 0. The van der Waals surface area contributed by atoms with Gasteiger partial charge in [0.15, 0.2) is 0 Å². The quantitative estimate of drug-likeness (QED) is 0.327. The molecule has 0 aliphatic heterocycles. The van der Waals surface area contributed by atoms with Gasteiger partial charge in [-0.05, 0) is 132 Å². The minimum Gasteiger partial charge on any atom is -0.508 e. The van der Waals surface area contributed by atoms with Crippen LogP contribution in [0.15, 0.2) is 36.4 Å². The molecule has 0 radical (unpaired) electrons. The maximum atomic E-state index is 10.8. The molecule has 0 aromatic heterocycles. The molecule has 0 saturated carbocycles. The van der Waals surface area contributed by atoms with E-state index in [9.17, 15) is 5.11 Å². The second-order valence-corrected chi connectivity index (χ2v) is 12.6. The van der Waals surface area contributed by atoms with Crippen LogP contribution in [0.4, 0.5) is 0 Å². The van der Waals surface area contributed by atoms with Crippen LogP contribution in [0, 0.1) is 34.6 Å². The maximum Gasteiger partial charge on any atom is 0.119 e. The number of benzene rings is 3. The summed E-state index contributed by atoms with van der Waals surface area (Å²) in [6, 6.07) is 14.0. The van der Waals surface area contributed by atoms with Gasteiger partial charge < -0.3 is 5.11 Å². The molecule has 0 bridgehead atoms. The van der Waals surface area contributed by atoms with E-state index in [1.54, 1.807) is 0 Å². The zero-order valence-corrected chi connectivity index (χ0v) is 25.5. The molecule has 0 heterocycles. The minimum atomic E-state index is 0.259. The van der Waals surface area contributed by atoms with Crippen molar-refractivity contribution >= 4 is 0 Å². The van der Waals surface area contributed by atoms with Crippen molar-refractivity contribution in [1.82, 2.24) is 0 Å². The van der Waals surface area contributed by atoms with Crippen molar-refractivity contribution in [2.45, 2.75) is 119 Å². The fourth-order valence-corrected chi connectivity index (χ4v) is 6.39. The molecule has 2 atom stereocenters. The van der Waals surface area contributed by atoms with Gasteiger partial charge in [-0.25, -0.2) is 0 Å².